The molecular weight excluding hydrogens is 787 g/mol. The molecule has 5 aromatic heterocycles. The highest BCUT2D eigenvalue weighted by molar-refractivity contribution is 6.09. The van der Waals surface area contributed by atoms with Crippen molar-refractivity contribution in [3.05, 3.63) is 200 Å². The largest absolute Gasteiger partial charge is 0.434 e. The van der Waals surface area contributed by atoms with E-state index in [4.69, 9.17) is 34.3 Å². The second-order valence-electron chi connectivity index (χ2n) is 16.0. The highest BCUT2D eigenvalue weighted by atomic mass is 16.3. The molecule has 0 aliphatic heterocycles. The third kappa shape index (κ3) is 6.00. The first-order valence-corrected chi connectivity index (χ1v) is 21.2. The predicted octanol–water partition coefficient (Wildman–Crippen LogP) is 13.7. The van der Waals surface area contributed by atoms with E-state index in [1.807, 2.05) is 60.8 Å². The van der Waals surface area contributed by atoms with Gasteiger partial charge in [0.15, 0.2) is 28.9 Å². The predicted molar refractivity (Wildman–Crippen MR) is 257 cm³/mol. The van der Waals surface area contributed by atoms with Crippen LogP contribution in [0.5, 0.6) is 0 Å². The Kier molecular flexibility index (Phi) is 8.04. The summed E-state index contributed by atoms with van der Waals surface area (Å²) >= 11 is 0. The summed E-state index contributed by atoms with van der Waals surface area (Å²) in [5.74, 6) is 2.34. The molecule has 0 bridgehead atoms. The van der Waals surface area contributed by atoms with Gasteiger partial charge in [0, 0.05) is 50.5 Å². The summed E-state index contributed by atoms with van der Waals surface area (Å²) < 4.78 is 8.43. The summed E-state index contributed by atoms with van der Waals surface area (Å²) in [4.78, 5) is 29.5. The average molecular weight is 820 g/mol. The van der Waals surface area contributed by atoms with Crippen LogP contribution in [0.25, 0.3) is 128 Å². The lowest BCUT2D eigenvalue weighted by atomic mass is 9.99. The van der Waals surface area contributed by atoms with Gasteiger partial charge < -0.3 is 8.98 Å². The van der Waals surface area contributed by atoms with Crippen molar-refractivity contribution < 1.29 is 4.42 Å². The Hall–Kier alpha value is -8.88. The number of furan rings is 1. The van der Waals surface area contributed by atoms with E-state index in [-0.39, 0.29) is 0 Å². The van der Waals surface area contributed by atoms with Crippen LogP contribution >= 0.6 is 0 Å². The molecule has 0 aliphatic carbocycles. The average Bonchev–Trinajstić information content (AvgIpc) is 3.91. The molecule has 13 aromatic rings. The lowest BCUT2D eigenvalue weighted by molar-refractivity contribution is 0.651. The number of para-hydroxylation sites is 2. The molecule has 0 amide bonds. The molecule has 13 rings (SSSR count). The zero-order chi connectivity index (χ0) is 42.1. The molecule has 0 radical (unpaired) electrons. The third-order valence-electron chi connectivity index (χ3n) is 12.1. The maximum Gasteiger partial charge on any atom is 0.229 e. The SMILES string of the molecule is c1ccc(-c2nc(-c3ccc(-c4ncc5oc6ncc(-c7ccc8cc9ccccc9cc8c7)cc6c5n4)cc3)nc(-c3ccc(-n4c5ccccc5c5ccccc54)cc3)n2)cc1. The molecule has 8 aromatic carbocycles. The van der Waals surface area contributed by atoms with Crippen LogP contribution in [0.15, 0.2) is 205 Å². The Balaban J connectivity index is 0.843. The minimum atomic E-state index is 0.522. The smallest absolute Gasteiger partial charge is 0.229 e. The van der Waals surface area contributed by atoms with Crippen LogP contribution in [0.4, 0.5) is 0 Å². The van der Waals surface area contributed by atoms with Crippen molar-refractivity contribution in [2.45, 2.75) is 0 Å². The Morgan fingerprint density at radius 3 is 1.55 bits per heavy atom. The fourth-order valence-electron chi connectivity index (χ4n) is 8.94. The Bertz CT molecular complexity index is 3900. The van der Waals surface area contributed by atoms with Crippen molar-refractivity contribution >= 4 is 65.6 Å². The molecule has 64 heavy (non-hydrogen) atoms. The van der Waals surface area contributed by atoms with Gasteiger partial charge in [-0.15, -0.1) is 0 Å². The molecule has 0 fully saturated rings. The summed E-state index contributed by atoms with van der Waals surface area (Å²) in [5.41, 5.74) is 10.8. The van der Waals surface area contributed by atoms with Crippen molar-refractivity contribution in [2.75, 3.05) is 0 Å². The number of nitrogens with zero attached hydrogens (tertiary/aromatic N) is 7. The van der Waals surface area contributed by atoms with Gasteiger partial charge in [-0.1, -0.05) is 127 Å². The Morgan fingerprint density at radius 2 is 0.875 bits per heavy atom. The van der Waals surface area contributed by atoms with Gasteiger partial charge in [0.25, 0.3) is 0 Å². The van der Waals surface area contributed by atoms with E-state index in [1.54, 1.807) is 6.20 Å². The van der Waals surface area contributed by atoms with Crippen LogP contribution in [0.3, 0.4) is 0 Å². The third-order valence-corrected chi connectivity index (χ3v) is 12.1. The lowest BCUT2D eigenvalue weighted by Crippen LogP contribution is -2.00. The highest BCUT2D eigenvalue weighted by Crippen LogP contribution is 2.35. The van der Waals surface area contributed by atoms with Crippen molar-refractivity contribution in [1.29, 1.82) is 0 Å². The highest BCUT2D eigenvalue weighted by Gasteiger charge is 2.17. The van der Waals surface area contributed by atoms with E-state index in [2.05, 4.69) is 138 Å². The van der Waals surface area contributed by atoms with E-state index in [1.165, 1.54) is 32.3 Å². The van der Waals surface area contributed by atoms with Gasteiger partial charge >= 0.3 is 0 Å². The van der Waals surface area contributed by atoms with Crippen LogP contribution in [-0.4, -0.2) is 34.5 Å². The number of benzene rings is 8. The molecule has 0 atom stereocenters. The lowest BCUT2D eigenvalue weighted by Gasteiger charge is -2.11. The van der Waals surface area contributed by atoms with Gasteiger partial charge in [-0.2, -0.15) is 0 Å². The second-order valence-corrected chi connectivity index (χ2v) is 16.0. The molecule has 0 saturated heterocycles. The summed E-state index contributed by atoms with van der Waals surface area (Å²) in [7, 11) is 0. The molecule has 0 N–H and O–H groups in total. The monoisotopic (exact) mass is 819 g/mol. The minimum absolute atomic E-state index is 0.522. The van der Waals surface area contributed by atoms with Crippen molar-refractivity contribution in [3.8, 4) is 62.4 Å². The summed E-state index contributed by atoms with van der Waals surface area (Å²) in [5, 5.41) is 8.10. The fraction of sp³-hybridized carbons (Fsp3) is 0. The summed E-state index contributed by atoms with van der Waals surface area (Å²) in [6, 6.07) is 65.1. The van der Waals surface area contributed by atoms with Gasteiger partial charge in [0.2, 0.25) is 5.71 Å². The Labute approximate surface area is 365 Å². The van der Waals surface area contributed by atoms with E-state index in [0.29, 0.717) is 40.1 Å². The van der Waals surface area contributed by atoms with Gasteiger partial charge in [0.05, 0.1) is 22.6 Å². The Morgan fingerprint density at radius 1 is 0.344 bits per heavy atom. The normalized spacial score (nSPS) is 11.8. The topological polar surface area (TPSA) is 95.4 Å². The van der Waals surface area contributed by atoms with E-state index in [0.717, 1.165) is 55.5 Å². The van der Waals surface area contributed by atoms with Gasteiger partial charge in [0.1, 0.15) is 5.52 Å². The van der Waals surface area contributed by atoms with Crippen LogP contribution in [0, 0.1) is 0 Å². The second kappa shape index (κ2) is 14.4. The zero-order valence-corrected chi connectivity index (χ0v) is 34.1. The zero-order valence-electron chi connectivity index (χ0n) is 34.1. The molecule has 0 aliphatic rings. The van der Waals surface area contributed by atoms with E-state index in [9.17, 15) is 0 Å². The van der Waals surface area contributed by atoms with Gasteiger partial charge in [-0.25, -0.2) is 29.9 Å². The van der Waals surface area contributed by atoms with E-state index < -0.39 is 0 Å². The van der Waals surface area contributed by atoms with Gasteiger partial charge in [-0.3, -0.25) is 0 Å². The van der Waals surface area contributed by atoms with E-state index >= 15 is 0 Å². The molecule has 8 nitrogen and oxygen atoms in total. The summed E-state index contributed by atoms with van der Waals surface area (Å²) in [6.07, 6.45) is 3.59. The molecular formula is C56H33N7O. The molecule has 8 heteroatoms. The first kappa shape index (κ1) is 35.8. The van der Waals surface area contributed by atoms with Crippen molar-refractivity contribution in [2.24, 2.45) is 0 Å². The number of hydrogen-bond acceptors (Lipinski definition) is 7. The molecule has 5 heterocycles. The first-order chi connectivity index (χ1) is 31.7. The number of fused-ring (bicyclic) bond motifs is 8. The molecule has 0 spiro atoms. The maximum absolute atomic E-state index is 6.12. The van der Waals surface area contributed by atoms with Crippen LogP contribution in [0.2, 0.25) is 0 Å². The van der Waals surface area contributed by atoms with Crippen molar-refractivity contribution in [3.63, 3.8) is 0 Å². The standard InChI is InChI=1S/C56H33N7O/c1-2-10-34(11-3-1)53-60-54(62-55(61-53)37-24-26-44(27-25-37)63-48-16-8-6-14-45(48)46-15-7-9-17-49(46)63)36-20-18-35(19-21-36)52-57-33-50-51(59-52)47-31-43(32-58-56(47)64-50)41-23-22-40-28-38-12-4-5-13-39(38)29-42(40)30-41/h1-33H. The number of aromatic nitrogens is 7. The molecule has 0 unspecified atom stereocenters. The number of rotatable bonds is 6. The van der Waals surface area contributed by atoms with Crippen molar-refractivity contribution in [1.82, 2.24) is 34.5 Å². The summed E-state index contributed by atoms with van der Waals surface area (Å²) in [6.45, 7) is 0. The minimum Gasteiger partial charge on any atom is -0.434 e. The first-order valence-electron chi connectivity index (χ1n) is 21.2. The van der Waals surface area contributed by atoms with Crippen LogP contribution < -0.4 is 0 Å². The number of hydrogen-bond donors (Lipinski definition) is 0. The number of pyridine rings is 1. The molecule has 0 saturated carbocycles. The quantitative estimate of drug-likeness (QED) is 0.154. The van der Waals surface area contributed by atoms with Crippen LogP contribution in [-0.2, 0) is 0 Å². The maximum atomic E-state index is 6.12. The van der Waals surface area contributed by atoms with Crippen LogP contribution in [0.1, 0.15) is 0 Å². The molecule has 298 valence electrons. The van der Waals surface area contributed by atoms with Gasteiger partial charge in [-0.05, 0) is 87.8 Å². The fourth-order valence-corrected chi connectivity index (χ4v) is 8.94.